The zero-order valence-electron chi connectivity index (χ0n) is 17.6. The molecule has 9 nitrogen and oxygen atoms in total. The van der Waals surface area contributed by atoms with Crippen molar-refractivity contribution in [3.63, 3.8) is 0 Å². The van der Waals surface area contributed by atoms with Crippen molar-refractivity contribution in [1.29, 1.82) is 0 Å². The lowest BCUT2D eigenvalue weighted by Crippen LogP contribution is -2.53. The minimum absolute atomic E-state index is 0.119. The maximum absolute atomic E-state index is 12.5. The molecule has 1 N–H and O–H groups in total. The standard InChI is InChI=1S/C19H33N5O4S/c1-15-14-18(22(2)21-15)19(25)20-8-11-24(17-6-12-28-13-7-17)16-4-9-23(10-5-16)29(3,26)27/h14,16-17H,4-13H2,1-3H3,(H,20,25). The van der Waals surface area contributed by atoms with Crippen LogP contribution in [0.4, 0.5) is 0 Å². The number of sulfonamides is 1. The maximum atomic E-state index is 12.5. The number of rotatable bonds is 7. The molecule has 1 aromatic heterocycles. The molecule has 3 rings (SSSR count). The molecule has 0 aliphatic carbocycles. The molecule has 164 valence electrons. The summed E-state index contributed by atoms with van der Waals surface area (Å²) in [5, 5.41) is 7.24. The number of nitrogens with one attached hydrogen (secondary N) is 1. The Morgan fingerprint density at radius 2 is 1.86 bits per heavy atom. The summed E-state index contributed by atoms with van der Waals surface area (Å²) in [5.74, 6) is -0.119. The predicted molar refractivity (Wildman–Crippen MR) is 110 cm³/mol. The topological polar surface area (TPSA) is 96.8 Å². The normalized spacial score (nSPS) is 20.3. The smallest absolute Gasteiger partial charge is 0.269 e. The first-order valence-electron chi connectivity index (χ1n) is 10.3. The molecule has 1 aromatic rings. The van der Waals surface area contributed by atoms with Gasteiger partial charge in [0.15, 0.2) is 0 Å². The van der Waals surface area contributed by atoms with E-state index in [0.29, 0.717) is 37.4 Å². The molecule has 2 saturated heterocycles. The fourth-order valence-corrected chi connectivity index (χ4v) is 5.27. The molecule has 0 spiro atoms. The van der Waals surface area contributed by atoms with Crippen LogP contribution in [0, 0.1) is 6.92 Å². The Morgan fingerprint density at radius 3 is 2.41 bits per heavy atom. The van der Waals surface area contributed by atoms with E-state index in [0.717, 1.165) is 51.1 Å². The molecule has 2 aliphatic heterocycles. The van der Waals surface area contributed by atoms with E-state index in [-0.39, 0.29) is 5.91 Å². The number of hydrogen-bond acceptors (Lipinski definition) is 6. The largest absolute Gasteiger partial charge is 0.381 e. The van der Waals surface area contributed by atoms with Gasteiger partial charge in [0.05, 0.1) is 11.9 Å². The monoisotopic (exact) mass is 427 g/mol. The predicted octanol–water partition coefficient (Wildman–Crippen LogP) is 0.363. The van der Waals surface area contributed by atoms with Gasteiger partial charge in [0, 0.05) is 58.5 Å². The Bertz CT molecular complexity index is 796. The molecular weight excluding hydrogens is 394 g/mol. The molecular formula is C19H33N5O4S. The van der Waals surface area contributed by atoms with Gasteiger partial charge in [0.25, 0.3) is 5.91 Å². The molecule has 0 saturated carbocycles. The summed E-state index contributed by atoms with van der Waals surface area (Å²) in [6.07, 6.45) is 4.86. The number of carbonyl (C=O) groups is 1. The van der Waals surface area contributed by atoms with Crippen molar-refractivity contribution >= 4 is 15.9 Å². The summed E-state index contributed by atoms with van der Waals surface area (Å²) in [4.78, 5) is 15.0. The van der Waals surface area contributed by atoms with E-state index in [1.807, 2.05) is 6.92 Å². The summed E-state index contributed by atoms with van der Waals surface area (Å²) in [6, 6.07) is 2.52. The maximum Gasteiger partial charge on any atom is 0.269 e. The van der Waals surface area contributed by atoms with E-state index in [2.05, 4.69) is 15.3 Å². The minimum atomic E-state index is -3.13. The van der Waals surface area contributed by atoms with E-state index < -0.39 is 10.0 Å². The molecule has 0 radical (unpaired) electrons. The zero-order valence-corrected chi connectivity index (χ0v) is 18.4. The van der Waals surface area contributed by atoms with Crippen LogP contribution in [0.1, 0.15) is 41.9 Å². The Morgan fingerprint density at radius 1 is 1.24 bits per heavy atom. The SMILES string of the molecule is Cc1cc(C(=O)NCCN(C2CCOCC2)C2CCN(S(C)(=O)=O)CC2)n(C)n1. The van der Waals surface area contributed by atoms with E-state index in [4.69, 9.17) is 4.74 Å². The van der Waals surface area contributed by atoms with Crippen LogP contribution in [0.15, 0.2) is 6.07 Å². The average molecular weight is 428 g/mol. The van der Waals surface area contributed by atoms with Crippen LogP contribution in [-0.2, 0) is 21.8 Å². The van der Waals surface area contributed by atoms with Gasteiger partial charge in [-0.25, -0.2) is 12.7 Å². The van der Waals surface area contributed by atoms with E-state index >= 15 is 0 Å². The average Bonchev–Trinajstić information content (AvgIpc) is 3.03. The highest BCUT2D eigenvalue weighted by Gasteiger charge is 2.32. The molecule has 0 atom stereocenters. The molecule has 10 heteroatoms. The van der Waals surface area contributed by atoms with E-state index in [9.17, 15) is 13.2 Å². The number of carbonyl (C=O) groups excluding carboxylic acids is 1. The number of aromatic nitrogens is 2. The third kappa shape index (κ3) is 5.78. The van der Waals surface area contributed by atoms with Crippen molar-refractivity contribution in [1.82, 2.24) is 24.3 Å². The van der Waals surface area contributed by atoms with Crippen molar-refractivity contribution in [3.05, 3.63) is 17.5 Å². The molecule has 0 unspecified atom stereocenters. The first kappa shape index (κ1) is 22.2. The van der Waals surface area contributed by atoms with Crippen LogP contribution in [-0.4, -0.2) is 91.0 Å². The van der Waals surface area contributed by atoms with Gasteiger partial charge in [0.2, 0.25) is 10.0 Å². The number of amides is 1. The highest BCUT2D eigenvalue weighted by molar-refractivity contribution is 7.88. The second-order valence-electron chi connectivity index (χ2n) is 8.03. The van der Waals surface area contributed by atoms with Crippen LogP contribution < -0.4 is 5.32 Å². The fourth-order valence-electron chi connectivity index (χ4n) is 4.40. The lowest BCUT2D eigenvalue weighted by atomic mass is 9.98. The van der Waals surface area contributed by atoms with Gasteiger partial charge in [-0.05, 0) is 38.7 Å². The lowest BCUT2D eigenvalue weighted by Gasteiger charge is -2.43. The summed E-state index contributed by atoms with van der Waals surface area (Å²) < 4.78 is 32.3. The summed E-state index contributed by atoms with van der Waals surface area (Å²) >= 11 is 0. The van der Waals surface area contributed by atoms with Gasteiger partial charge in [-0.2, -0.15) is 5.10 Å². The lowest BCUT2D eigenvalue weighted by molar-refractivity contribution is 0.00746. The Hall–Kier alpha value is -1.49. The van der Waals surface area contributed by atoms with Crippen molar-refractivity contribution < 1.29 is 17.9 Å². The molecule has 0 bridgehead atoms. The van der Waals surface area contributed by atoms with Crippen molar-refractivity contribution in [2.24, 2.45) is 7.05 Å². The zero-order chi connectivity index (χ0) is 21.0. The number of hydrogen-bond donors (Lipinski definition) is 1. The van der Waals surface area contributed by atoms with Crippen LogP contribution in [0.5, 0.6) is 0 Å². The number of piperidine rings is 1. The van der Waals surface area contributed by atoms with Gasteiger partial charge in [-0.15, -0.1) is 0 Å². The summed E-state index contributed by atoms with van der Waals surface area (Å²) in [5.41, 5.74) is 1.38. The highest BCUT2D eigenvalue weighted by atomic mass is 32.2. The van der Waals surface area contributed by atoms with Crippen LogP contribution in [0.3, 0.4) is 0 Å². The fraction of sp³-hybridized carbons (Fsp3) is 0.789. The van der Waals surface area contributed by atoms with Crippen molar-refractivity contribution in [2.75, 3.05) is 45.6 Å². The third-order valence-corrected chi connectivity index (χ3v) is 7.21. The number of ether oxygens (including phenoxy) is 1. The van der Waals surface area contributed by atoms with Crippen LogP contribution in [0.25, 0.3) is 0 Å². The van der Waals surface area contributed by atoms with Crippen LogP contribution in [0.2, 0.25) is 0 Å². The van der Waals surface area contributed by atoms with Gasteiger partial charge in [-0.1, -0.05) is 0 Å². The summed E-state index contributed by atoms with van der Waals surface area (Å²) in [7, 11) is -1.36. The third-order valence-electron chi connectivity index (χ3n) is 5.91. The van der Waals surface area contributed by atoms with Gasteiger partial charge < -0.3 is 10.1 Å². The molecule has 3 heterocycles. The van der Waals surface area contributed by atoms with Gasteiger partial charge in [0.1, 0.15) is 5.69 Å². The van der Waals surface area contributed by atoms with Crippen LogP contribution >= 0.6 is 0 Å². The molecule has 29 heavy (non-hydrogen) atoms. The highest BCUT2D eigenvalue weighted by Crippen LogP contribution is 2.24. The molecule has 1 amide bonds. The molecule has 0 aromatic carbocycles. The van der Waals surface area contributed by atoms with Crippen molar-refractivity contribution in [3.8, 4) is 0 Å². The second kappa shape index (κ2) is 9.55. The van der Waals surface area contributed by atoms with Crippen molar-refractivity contribution in [2.45, 2.75) is 44.7 Å². The number of nitrogens with zero attached hydrogens (tertiary/aromatic N) is 4. The second-order valence-corrected chi connectivity index (χ2v) is 10.0. The Balaban J connectivity index is 1.59. The van der Waals surface area contributed by atoms with E-state index in [1.54, 1.807) is 22.1 Å². The minimum Gasteiger partial charge on any atom is -0.381 e. The van der Waals surface area contributed by atoms with Gasteiger partial charge in [-0.3, -0.25) is 14.4 Å². The number of aryl methyl sites for hydroxylation is 2. The van der Waals surface area contributed by atoms with Gasteiger partial charge >= 0.3 is 0 Å². The quantitative estimate of drug-likeness (QED) is 0.675. The Kier molecular flexibility index (Phi) is 7.31. The first-order chi connectivity index (χ1) is 13.8. The molecule has 2 aliphatic rings. The summed E-state index contributed by atoms with van der Waals surface area (Å²) in [6.45, 7) is 5.79. The molecule has 2 fully saturated rings. The van der Waals surface area contributed by atoms with E-state index in [1.165, 1.54) is 6.26 Å². The Labute approximate surface area is 173 Å². The first-order valence-corrected chi connectivity index (χ1v) is 12.2.